The summed E-state index contributed by atoms with van der Waals surface area (Å²) in [7, 11) is 0. The molecule has 1 aliphatic carbocycles. The highest BCUT2D eigenvalue weighted by Gasteiger charge is 2.21. The zero-order chi connectivity index (χ0) is 16.2. The van der Waals surface area contributed by atoms with E-state index in [0.29, 0.717) is 0 Å². The third-order valence-electron chi connectivity index (χ3n) is 4.69. The second kappa shape index (κ2) is 6.82. The van der Waals surface area contributed by atoms with Crippen LogP contribution in [-0.4, -0.2) is 23.9 Å². The Morgan fingerprint density at radius 3 is 2.57 bits per heavy atom. The van der Waals surface area contributed by atoms with Crippen molar-refractivity contribution in [2.75, 3.05) is 13.1 Å². The summed E-state index contributed by atoms with van der Waals surface area (Å²) in [6.07, 6.45) is 9.95. The summed E-state index contributed by atoms with van der Waals surface area (Å²) in [5.41, 5.74) is 5.99. The van der Waals surface area contributed by atoms with Gasteiger partial charge in [-0.25, -0.2) is 0 Å². The van der Waals surface area contributed by atoms with Gasteiger partial charge in [-0.15, -0.1) is 0 Å². The van der Waals surface area contributed by atoms with Crippen LogP contribution in [0, 0.1) is 0 Å². The van der Waals surface area contributed by atoms with Crippen molar-refractivity contribution in [3.05, 3.63) is 76.9 Å². The standard InChI is InChI=1S/C21H23NO/c1-16-13-14-22(15-17(16)2)21(23)20-10-6-9-19(11-12-20)18-7-4-3-5-8-18/h3-8,10-12H,9,13-15H2,1-2H3. The first-order valence-corrected chi connectivity index (χ1v) is 8.22. The summed E-state index contributed by atoms with van der Waals surface area (Å²) >= 11 is 0. The third-order valence-corrected chi connectivity index (χ3v) is 4.69. The number of hydrogen-bond acceptors (Lipinski definition) is 1. The molecule has 0 atom stereocenters. The molecule has 23 heavy (non-hydrogen) atoms. The van der Waals surface area contributed by atoms with Crippen molar-refractivity contribution < 1.29 is 4.79 Å². The molecule has 1 aromatic rings. The number of hydrogen-bond donors (Lipinski definition) is 0. The van der Waals surface area contributed by atoms with Crippen molar-refractivity contribution in [1.29, 1.82) is 0 Å². The molecule has 0 aromatic heterocycles. The number of allylic oxidation sites excluding steroid dienone is 4. The lowest BCUT2D eigenvalue weighted by molar-refractivity contribution is -0.126. The number of nitrogens with zero attached hydrogens (tertiary/aromatic N) is 1. The van der Waals surface area contributed by atoms with Crippen LogP contribution < -0.4 is 0 Å². The fraction of sp³-hybridized carbons (Fsp3) is 0.286. The van der Waals surface area contributed by atoms with Gasteiger partial charge in [0.15, 0.2) is 0 Å². The van der Waals surface area contributed by atoms with Gasteiger partial charge >= 0.3 is 0 Å². The van der Waals surface area contributed by atoms with Gasteiger partial charge in [-0.2, -0.15) is 0 Å². The normalized spacial score (nSPS) is 18.4. The van der Waals surface area contributed by atoms with E-state index in [1.807, 2.05) is 35.3 Å². The van der Waals surface area contributed by atoms with E-state index in [-0.39, 0.29) is 5.91 Å². The summed E-state index contributed by atoms with van der Waals surface area (Å²) in [6, 6.07) is 10.3. The molecule has 0 bridgehead atoms. The van der Waals surface area contributed by atoms with Gasteiger partial charge in [0.1, 0.15) is 0 Å². The Kier molecular flexibility index (Phi) is 4.61. The van der Waals surface area contributed by atoms with E-state index >= 15 is 0 Å². The van der Waals surface area contributed by atoms with E-state index in [0.717, 1.165) is 31.5 Å². The van der Waals surface area contributed by atoms with Crippen molar-refractivity contribution in [2.24, 2.45) is 0 Å². The van der Waals surface area contributed by atoms with Gasteiger partial charge < -0.3 is 4.90 Å². The SMILES string of the molecule is CC1=C(C)CN(C(=O)C2=CC=C(c3ccccc3)CC=C2)CC1. The molecule has 0 saturated carbocycles. The molecule has 0 saturated heterocycles. The number of carbonyl (C=O) groups excluding carboxylic acids is 1. The Morgan fingerprint density at radius 1 is 1.04 bits per heavy atom. The topological polar surface area (TPSA) is 20.3 Å². The molecule has 1 aliphatic heterocycles. The van der Waals surface area contributed by atoms with Crippen LogP contribution >= 0.6 is 0 Å². The lowest BCUT2D eigenvalue weighted by Crippen LogP contribution is -2.37. The molecule has 0 radical (unpaired) electrons. The Morgan fingerprint density at radius 2 is 1.83 bits per heavy atom. The molecule has 0 fully saturated rings. The van der Waals surface area contributed by atoms with E-state index in [1.54, 1.807) is 0 Å². The van der Waals surface area contributed by atoms with Crippen molar-refractivity contribution in [1.82, 2.24) is 4.90 Å². The minimum absolute atomic E-state index is 0.138. The van der Waals surface area contributed by atoms with E-state index in [2.05, 4.69) is 38.1 Å². The van der Waals surface area contributed by atoms with E-state index in [9.17, 15) is 4.79 Å². The number of rotatable bonds is 2. The average Bonchev–Trinajstić information content (AvgIpc) is 2.83. The lowest BCUT2D eigenvalue weighted by atomic mass is 10.0. The van der Waals surface area contributed by atoms with Crippen LogP contribution in [0.5, 0.6) is 0 Å². The highest BCUT2D eigenvalue weighted by Crippen LogP contribution is 2.24. The molecule has 0 spiro atoms. The van der Waals surface area contributed by atoms with E-state index in [4.69, 9.17) is 0 Å². The summed E-state index contributed by atoms with van der Waals surface area (Å²) in [5.74, 6) is 0.138. The first kappa shape index (κ1) is 15.5. The van der Waals surface area contributed by atoms with Crippen LogP contribution in [0.25, 0.3) is 5.57 Å². The van der Waals surface area contributed by atoms with Crippen LogP contribution in [0.3, 0.4) is 0 Å². The maximum Gasteiger partial charge on any atom is 0.254 e. The van der Waals surface area contributed by atoms with Crippen molar-refractivity contribution in [3.63, 3.8) is 0 Å². The first-order chi connectivity index (χ1) is 11.1. The quantitative estimate of drug-likeness (QED) is 0.735. The monoisotopic (exact) mass is 305 g/mol. The Bertz CT molecular complexity index is 719. The summed E-state index contributed by atoms with van der Waals surface area (Å²) in [5, 5.41) is 0. The largest absolute Gasteiger partial charge is 0.334 e. The second-order valence-electron chi connectivity index (χ2n) is 6.32. The summed E-state index contributed by atoms with van der Waals surface area (Å²) in [4.78, 5) is 14.7. The van der Waals surface area contributed by atoms with Gasteiger partial charge in [0.05, 0.1) is 0 Å². The zero-order valence-corrected chi connectivity index (χ0v) is 13.9. The third kappa shape index (κ3) is 3.53. The van der Waals surface area contributed by atoms with Crippen molar-refractivity contribution in [3.8, 4) is 0 Å². The first-order valence-electron chi connectivity index (χ1n) is 8.22. The molecular formula is C21H23NO. The zero-order valence-electron chi connectivity index (χ0n) is 13.9. The smallest absolute Gasteiger partial charge is 0.254 e. The van der Waals surface area contributed by atoms with E-state index in [1.165, 1.54) is 22.3 Å². The van der Waals surface area contributed by atoms with Gasteiger partial charge in [-0.3, -0.25) is 4.79 Å². The van der Waals surface area contributed by atoms with Crippen LogP contribution in [0.2, 0.25) is 0 Å². The molecule has 118 valence electrons. The molecular weight excluding hydrogens is 282 g/mol. The molecule has 2 aliphatic rings. The molecule has 0 N–H and O–H groups in total. The van der Waals surface area contributed by atoms with Gasteiger partial charge in [0, 0.05) is 18.7 Å². The fourth-order valence-corrected chi connectivity index (χ4v) is 3.01. The highest BCUT2D eigenvalue weighted by atomic mass is 16.2. The minimum Gasteiger partial charge on any atom is -0.334 e. The van der Waals surface area contributed by atoms with Crippen LogP contribution in [-0.2, 0) is 4.79 Å². The predicted molar refractivity (Wildman–Crippen MR) is 95.8 cm³/mol. The van der Waals surface area contributed by atoms with Crippen molar-refractivity contribution >= 4 is 11.5 Å². The fourth-order valence-electron chi connectivity index (χ4n) is 3.01. The summed E-state index contributed by atoms with van der Waals surface area (Å²) in [6.45, 7) is 5.86. The Labute approximate surface area is 138 Å². The van der Waals surface area contributed by atoms with Crippen LogP contribution in [0.1, 0.15) is 32.3 Å². The summed E-state index contributed by atoms with van der Waals surface area (Å²) < 4.78 is 0. The molecule has 3 rings (SSSR count). The van der Waals surface area contributed by atoms with Crippen LogP contribution in [0.4, 0.5) is 0 Å². The maximum atomic E-state index is 12.8. The second-order valence-corrected chi connectivity index (χ2v) is 6.32. The van der Waals surface area contributed by atoms with Crippen molar-refractivity contribution in [2.45, 2.75) is 26.7 Å². The van der Waals surface area contributed by atoms with E-state index < -0.39 is 0 Å². The molecule has 1 heterocycles. The number of amides is 1. The Hall–Kier alpha value is -2.35. The molecule has 1 aromatic carbocycles. The minimum atomic E-state index is 0.138. The van der Waals surface area contributed by atoms with Gasteiger partial charge in [-0.1, -0.05) is 59.7 Å². The Balaban J connectivity index is 1.79. The lowest BCUT2D eigenvalue weighted by Gasteiger charge is -2.29. The average molecular weight is 305 g/mol. The molecule has 0 unspecified atom stereocenters. The molecule has 2 nitrogen and oxygen atoms in total. The van der Waals surface area contributed by atoms with Gasteiger partial charge in [-0.05, 0) is 43.9 Å². The van der Waals surface area contributed by atoms with Gasteiger partial charge in [0.25, 0.3) is 5.91 Å². The number of carbonyl (C=O) groups is 1. The highest BCUT2D eigenvalue weighted by molar-refractivity contribution is 5.97. The maximum absolute atomic E-state index is 12.8. The number of benzene rings is 1. The van der Waals surface area contributed by atoms with Crippen LogP contribution in [0.15, 0.2) is 71.4 Å². The molecule has 1 amide bonds. The molecule has 2 heteroatoms. The van der Waals surface area contributed by atoms with Gasteiger partial charge in [0.2, 0.25) is 0 Å². The predicted octanol–water partition coefficient (Wildman–Crippen LogP) is 4.53.